The van der Waals surface area contributed by atoms with Gasteiger partial charge in [-0.15, -0.1) is 24.8 Å². The lowest BCUT2D eigenvalue weighted by molar-refractivity contribution is 0.175. The smallest absolute Gasteiger partial charge is 0.119 e. The van der Waals surface area contributed by atoms with Crippen molar-refractivity contribution in [1.82, 2.24) is 9.88 Å². The van der Waals surface area contributed by atoms with Gasteiger partial charge in [-0.1, -0.05) is 13.0 Å². The van der Waals surface area contributed by atoms with Crippen molar-refractivity contribution in [3.05, 3.63) is 53.9 Å². The summed E-state index contributed by atoms with van der Waals surface area (Å²) in [4.78, 5) is 8.98. The van der Waals surface area contributed by atoms with Crippen molar-refractivity contribution >= 4 is 30.5 Å². The number of halogens is 2. The van der Waals surface area contributed by atoms with Crippen molar-refractivity contribution in [2.45, 2.75) is 39.2 Å². The van der Waals surface area contributed by atoms with Crippen molar-refractivity contribution in [3.63, 3.8) is 0 Å². The molecule has 4 nitrogen and oxygen atoms in total. The zero-order chi connectivity index (χ0) is 18.7. The number of benzene rings is 1. The Morgan fingerprint density at radius 1 is 1.00 bits per heavy atom. The Hall–Kier alpha value is -1.49. The minimum atomic E-state index is 0. The minimum absolute atomic E-state index is 0. The van der Waals surface area contributed by atoms with Crippen LogP contribution in [0.3, 0.4) is 0 Å². The van der Waals surface area contributed by atoms with Crippen LogP contribution in [-0.2, 0) is 13.0 Å². The molecule has 29 heavy (non-hydrogen) atoms. The summed E-state index contributed by atoms with van der Waals surface area (Å²) in [6.45, 7) is 7.65. The molecule has 1 saturated heterocycles. The normalized spacial score (nSPS) is 18.2. The summed E-state index contributed by atoms with van der Waals surface area (Å²) < 4.78 is 6.15. The Bertz CT molecular complexity index is 764. The van der Waals surface area contributed by atoms with Gasteiger partial charge < -0.3 is 14.5 Å². The molecule has 0 unspecified atom stereocenters. The van der Waals surface area contributed by atoms with E-state index in [0.717, 1.165) is 51.4 Å². The summed E-state index contributed by atoms with van der Waals surface area (Å²) in [5.74, 6) is 1.03. The number of ether oxygens (including phenoxy) is 1. The Balaban J connectivity index is 0.00000150. The molecule has 6 heteroatoms. The van der Waals surface area contributed by atoms with Crippen LogP contribution in [0.5, 0.6) is 5.75 Å². The number of likely N-dealkylation sites (N-methyl/N-ethyl adjacent to an activating group) is 1. The molecule has 0 amide bonds. The highest BCUT2D eigenvalue weighted by molar-refractivity contribution is 5.85. The number of aromatic nitrogens is 1. The first kappa shape index (κ1) is 23.8. The monoisotopic (exact) mass is 437 g/mol. The van der Waals surface area contributed by atoms with Crippen molar-refractivity contribution < 1.29 is 4.74 Å². The van der Waals surface area contributed by atoms with Crippen molar-refractivity contribution in [3.8, 4) is 5.75 Å². The highest BCUT2D eigenvalue weighted by Crippen LogP contribution is 2.36. The van der Waals surface area contributed by atoms with Gasteiger partial charge in [-0.05, 0) is 73.5 Å². The second-order valence-electron chi connectivity index (χ2n) is 8.52. The number of fused-ring (bicyclic) bond motifs is 1. The van der Waals surface area contributed by atoms with Gasteiger partial charge in [-0.2, -0.15) is 0 Å². The van der Waals surface area contributed by atoms with E-state index in [0.29, 0.717) is 5.41 Å². The maximum absolute atomic E-state index is 6.15. The standard InChI is InChI=1S/C23H31N3O.2ClH/c1-23(8-14-26(15-9-23)21-5-11-24-12-6-21)10-16-27-22-4-3-19-7-13-25(2)18-20(19)17-22;;/h3-6,11-12,17H,7-10,13-16,18H2,1-2H3;2*1H. The first-order chi connectivity index (χ1) is 13.1. The molecule has 0 bridgehead atoms. The molecule has 0 N–H and O–H groups in total. The number of piperidine rings is 1. The Kier molecular flexibility index (Phi) is 8.62. The van der Waals surface area contributed by atoms with Gasteiger partial charge >= 0.3 is 0 Å². The molecule has 160 valence electrons. The van der Waals surface area contributed by atoms with E-state index in [1.807, 2.05) is 12.4 Å². The first-order valence-electron chi connectivity index (χ1n) is 10.2. The molecule has 0 saturated carbocycles. The van der Waals surface area contributed by atoms with Crippen LogP contribution in [0.15, 0.2) is 42.7 Å². The third-order valence-corrected chi connectivity index (χ3v) is 6.35. The fourth-order valence-electron chi connectivity index (χ4n) is 4.29. The molecule has 1 aromatic heterocycles. The van der Waals surface area contributed by atoms with Crippen molar-refractivity contribution in [2.75, 3.05) is 38.2 Å². The van der Waals surface area contributed by atoms with E-state index in [9.17, 15) is 0 Å². The second-order valence-corrected chi connectivity index (χ2v) is 8.52. The van der Waals surface area contributed by atoms with E-state index >= 15 is 0 Å². The summed E-state index contributed by atoms with van der Waals surface area (Å²) in [7, 11) is 2.19. The lowest BCUT2D eigenvalue weighted by Crippen LogP contribution is -2.39. The number of hydrogen-bond acceptors (Lipinski definition) is 4. The van der Waals surface area contributed by atoms with Crippen LogP contribution in [0.1, 0.15) is 37.3 Å². The zero-order valence-electron chi connectivity index (χ0n) is 17.5. The largest absolute Gasteiger partial charge is 0.494 e. The molecule has 0 aliphatic carbocycles. The quantitative estimate of drug-likeness (QED) is 0.658. The van der Waals surface area contributed by atoms with Crippen molar-refractivity contribution in [2.24, 2.45) is 5.41 Å². The number of pyridine rings is 1. The van der Waals surface area contributed by atoms with E-state index in [-0.39, 0.29) is 24.8 Å². The topological polar surface area (TPSA) is 28.6 Å². The third-order valence-electron chi connectivity index (χ3n) is 6.35. The molecule has 1 fully saturated rings. The maximum atomic E-state index is 6.15. The zero-order valence-corrected chi connectivity index (χ0v) is 19.1. The average Bonchev–Trinajstić information content (AvgIpc) is 2.69. The predicted octanol–water partition coefficient (Wildman–Crippen LogP) is 4.99. The second kappa shape index (κ2) is 10.5. The predicted molar refractivity (Wildman–Crippen MR) is 125 cm³/mol. The van der Waals surface area contributed by atoms with Gasteiger partial charge in [0, 0.05) is 44.3 Å². The van der Waals surface area contributed by atoms with Gasteiger partial charge in [0.2, 0.25) is 0 Å². The highest BCUT2D eigenvalue weighted by Gasteiger charge is 2.30. The molecule has 2 aromatic rings. The van der Waals surface area contributed by atoms with E-state index < -0.39 is 0 Å². The molecule has 0 atom stereocenters. The summed E-state index contributed by atoms with van der Waals surface area (Å²) in [5, 5.41) is 0. The van der Waals surface area contributed by atoms with Crippen molar-refractivity contribution in [1.29, 1.82) is 0 Å². The van der Waals surface area contributed by atoms with Gasteiger partial charge in [-0.25, -0.2) is 0 Å². The molecule has 4 rings (SSSR count). The number of anilines is 1. The lowest BCUT2D eigenvalue weighted by atomic mass is 9.78. The number of hydrogen-bond donors (Lipinski definition) is 0. The summed E-state index contributed by atoms with van der Waals surface area (Å²) in [6.07, 6.45) is 8.47. The highest BCUT2D eigenvalue weighted by atomic mass is 35.5. The number of nitrogens with zero attached hydrogens (tertiary/aromatic N) is 3. The maximum Gasteiger partial charge on any atom is 0.119 e. The summed E-state index contributed by atoms with van der Waals surface area (Å²) in [6, 6.07) is 10.9. The Morgan fingerprint density at radius 2 is 1.72 bits per heavy atom. The van der Waals surface area contributed by atoms with Gasteiger partial charge in [0.1, 0.15) is 5.75 Å². The number of rotatable bonds is 5. The Labute approximate surface area is 187 Å². The van der Waals surface area contributed by atoms with Crippen LogP contribution in [0.4, 0.5) is 5.69 Å². The molecular weight excluding hydrogens is 405 g/mol. The van der Waals surface area contributed by atoms with E-state index in [4.69, 9.17) is 4.74 Å². The summed E-state index contributed by atoms with van der Waals surface area (Å²) >= 11 is 0. The molecule has 1 aromatic carbocycles. The van der Waals surface area contributed by atoms with Crippen LogP contribution in [-0.4, -0.2) is 43.2 Å². The van der Waals surface area contributed by atoms with Gasteiger partial charge in [-0.3, -0.25) is 4.98 Å². The molecule has 3 heterocycles. The SMILES string of the molecule is CN1CCc2ccc(OCCC3(C)CCN(c4ccncc4)CC3)cc2C1.Cl.Cl. The van der Waals surface area contributed by atoms with Gasteiger partial charge in [0.15, 0.2) is 0 Å². The van der Waals surface area contributed by atoms with E-state index in [1.54, 1.807) is 0 Å². The molecule has 2 aliphatic heterocycles. The minimum Gasteiger partial charge on any atom is -0.494 e. The molecule has 0 radical (unpaired) electrons. The fraction of sp³-hybridized carbons (Fsp3) is 0.522. The van der Waals surface area contributed by atoms with Crippen LogP contribution >= 0.6 is 24.8 Å². The van der Waals surface area contributed by atoms with Crippen LogP contribution in [0, 0.1) is 5.41 Å². The Morgan fingerprint density at radius 3 is 2.45 bits per heavy atom. The molecular formula is C23H33Cl2N3O. The first-order valence-corrected chi connectivity index (χ1v) is 10.2. The van der Waals surface area contributed by atoms with Gasteiger partial charge in [0.05, 0.1) is 6.61 Å². The lowest BCUT2D eigenvalue weighted by Gasteiger charge is -2.40. The molecule has 2 aliphatic rings. The van der Waals surface area contributed by atoms with Crippen LogP contribution < -0.4 is 9.64 Å². The summed E-state index contributed by atoms with van der Waals surface area (Å²) in [5.41, 5.74) is 4.58. The van der Waals surface area contributed by atoms with E-state index in [2.05, 4.69) is 59.1 Å². The van der Waals surface area contributed by atoms with Crippen LogP contribution in [0.2, 0.25) is 0 Å². The molecule has 0 spiro atoms. The van der Waals surface area contributed by atoms with E-state index in [1.165, 1.54) is 29.7 Å². The van der Waals surface area contributed by atoms with Crippen LogP contribution in [0.25, 0.3) is 0 Å². The average molecular weight is 438 g/mol. The third kappa shape index (κ3) is 6.00. The van der Waals surface area contributed by atoms with Gasteiger partial charge in [0.25, 0.3) is 0 Å². The fourth-order valence-corrected chi connectivity index (χ4v) is 4.29.